The van der Waals surface area contributed by atoms with Crippen molar-refractivity contribution < 1.29 is 4.74 Å². The second kappa shape index (κ2) is 6.42. The Kier molecular flexibility index (Phi) is 3.97. The molecule has 0 fully saturated rings. The van der Waals surface area contributed by atoms with Crippen LogP contribution in [0, 0.1) is 0 Å². The van der Waals surface area contributed by atoms with Gasteiger partial charge in [0, 0.05) is 16.7 Å². The summed E-state index contributed by atoms with van der Waals surface area (Å²) in [6, 6.07) is 24.5. The number of hydrogen-bond acceptors (Lipinski definition) is 3. The number of methoxy groups -OCH3 is 1. The highest BCUT2D eigenvalue weighted by Crippen LogP contribution is 2.33. The van der Waals surface area contributed by atoms with E-state index in [1.54, 1.807) is 18.9 Å². The van der Waals surface area contributed by atoms with E-state index >= 15 is 0 Å². The number of hydrogen-bond donors (Lipinski definition) is 0. The molecule has 3 nitrogen and oxygen atoms in total. The average molecular weight is 332 g/mol. The van der Waals surface area contributed by atoms with Crippen molar-refractivity contribution in [2.75, 3.05) is 7.11 Å². The van der Waals surface area contributed by atoms with Crippen LogP contribution < -0.4 is 4.74 Å². The van der Waals surface area contributed by atoms with E-state index in [0.29, 0.717) is 0 Å². The number of fused-ring (bicyclic) bond motifs is 1. The fraction of sp³-hybridized carbons (Fsp3) is 0.0500. The molecule has 4 rings (SSSR count). The maximum Gasteiger partial charge on any atom is 0.178 e. The first-order valence-corrected chi connectivity index (χ1v) is 8.51. The molecule has 0 aliphatic carbocycles. The summed E-state index contributed by atoms with van der Waals surface area (Å²) < 4.78 is 7.38. The van der Waals surface area contributed by atoms with E-state index in [9.17, 15) is 0 Å². The third kappa shape index (κ3) is 2.76. The summed E-state index contributed by atoms with van der Waals surface area (Å²) in [5.41, 5.74) is 3.16. The first-order valence-electron chi connectivity index (χ1n) is 7.69. The van der Waals surface area contributed by atoms with Crippen LogP contribution in [0.5, 0.6) is 5.75 Å². The normalized spacial score (nSPS) is 10.9. The molecule has 0 atom stereocenters. The minimum absolute atomic E-state index is 0.848. The zero-order chi connectivity index (χ0) is 16.4. The maximum atomic E-state index is 5.25. The van der Waals surface area contributed by atoms with E-state index in [1.165, 1.54) is 4.90 Å². The Morgan fingerprint density at radius 1 is 0.875 bits per heavy atom. The van der Waals surface area contributed by atoms with Crippen molar-refractivity contribution in [2.24, 2.45) is 0 Å². The molecule has 2 heterocycles. The number of benzene rings is 2. The molecule has 0 aliphatic rings. The van der Waals surface area contributed by atoms with E-state index in [-0.39, 0.29) is 0 Å². The van der Waals surface area contributed by atoms with Crippen LogP contribution >= 0.6 is 11.8 Å². The molecule has 0 spiro atoms. The van der Waals surface area contributed by atoms with Gasteiger partial charge in [-0.3, -0.25) is 4.40 Å². The number of rotatable bonds is 4. The second-order valence-corrected chi connectivity index (χ2v) is 6.38. The van der Waals surface area contributed by atoms with Gasteiger partial charge in [-0.25, -0.2) is 4.98 Å². The van der Waals surface area contributed by atoms with Gasteiger partial charge in [0.25, 0.3) is 0 Å². The monoisotopic (exact) mass is 332 g/mol. The number of pyridine rings is 1. The lowest BCUT2D eigenvalue weighted by molar-refractivity contribution is 0.415. The van der Waals surface area contributed by atoms with Crippen LogP contribution in [-0.2, 0) is 0 Å². The fourth-order valence-corrected chi connectivity index (χ4v) is 3.54. The summed E-state index contributed by atoms with van der Waals surface area (Å²) >= 11 is 1.67. The highest BCUT2D eigenvalue weighted by atomic mass is 32.2. The lowest BCUT2D eigenvalue weighted by Gasteiger charge is -2.01. The minimum atomic E-state index is 0.848. The summed E-state index contributed by atoms with van der Waals surface area (Å²) in [4.78, 5) is 6.07. The van der Waals surface area contributed by atoms with Gasteiger partial charge in [-0.15, -0.1) is 0 Å². The predicted octanol–water partition coefficient (Wildman–Crippen LogP) is 5.16. The molecule has 0 bridgehead atoms. The van der Waals surface area contributed by atoms with Gasteiger partial charge in [0.15, 0.2) is 5.16 Å². The van der Waals surface area contributed by atoms with Crippen LogP contribution in [0.1, 0.15) is 0 Å². The first-order chi connectivity index (χ1) is 11.8. The predicted molar refractivity (Wildman–Crippen MR) is 97.7 cm³/mol. The van der Waals surface area contributed by atoms with Gasteiger partial charge in [0.05, 0.1) is 18.3 Å². The zero-order valence-corrected chi connectivity index (χ0v) is 14.0. The van der Waals surface area contributed by atoms with Crippen LogP contribution in [-0.4, -0.2) is 16.5 Å². The number of aromatic nitrogens is 2. The molecule has 24 heavy (non-hydrogen) atoms. The Labute approximate surface area is 144 Å². The van der Waals surface area contributed by atoms with E-state index in [2.05, 4.69) is 28.8 Å². The van der Waals surface area contributed by atoms with Crippen molar-refractivity contribution in [3.63, 3.8) is 0 Å². The van der Waals surface area contributed by atoms with E-state index in [0.717, 1.165) is 27.7 Å². The minimum Gasteiger partial charge on any atom is -0.497 e. The molecule has 0 saturated heterocycles. The molecule has 2 aromatic carbocycles. The van der Waals surface area contributed by atoms with Crippen molar-refractivity contribution in [2.45, 2.75) is 10.1 Å². The molecule has 4 heteroatoms. The lowest BCUT2D eigenvalue weighted by atomic mass is 10.1. The Morgan fingerprint density at radius 2 is 1.62 bits per heavy atom. The van der Waals surface area contributed by atoms with Gasteiger partial charge in [-0.05, 0) is 48.5 Å². The van der Waals surface area contributed by atoms with Crippen LogP contribution in [0.4, 0.5) is 0 Å². The van der Waals surface area contributed by atoms with Crippen LogP contribution in [0.2, 0.25) is 0 Å². The van der Waals surface area contributed by atoms with Crippen molar-refractivity contribution in [3.8, 4) is 17.0 Å². The van der Waals surface area contributed by atoms with Crippen molar-refractivity contribution in [1.82, 2.24) is 9.38 Å². The summed E-state index contributed by atoms with van der Waals surface area (Å²) in [5.74, 6) is 0.848. The van der Waals surface area contributed by atoms with Crippen LogP contribution in [0.25, 0.3) is 16.8 Å². The smallest absolute Gasteiger partial charge is 0.178 e. The molecule has 118 valence electrons. The molecular weight excluding hydrogens is 316 g/mol. The third-order valence-electron chi connectivity index (χ3n) is 3.83. The molecule has 0 aliphatic heterocycles. The van der Waals surface area contributed by atoms with Gasteiger partial charge in [-0.1, -0.05) is 36.0 Å². The molecule has 0 unspecified atom stereocenters. The third-order valence-corrected chi connectivity index (χ3v) is 4.81. The number of ether oxygens (including phenoxy) is 1. The van der Waals surface area contributed by atoms with E-state index in [4.69, 9.17) is 9.72 Å². The average Bonchev–Trinajstić information content (AvgIpc) is 3.01. The largest absolute Gasteiger partial charge is 0.497 e. The Morgan fingerprint density at radius 3 is 2.38 bits per heavy atom. The molecule has 4 aromatic rings. The van der Waals surface area contributed by atoms with Gasteiger partial charge < -0.3 is 4.74 Å². The van der Waals surface area contributed by atoms with Gasteiger partial charge in [0.2, 0.25) is 0 Å². The van der Waals surface area contributed by atoms with Crippen LogP contribution in [0.15, 0.2) is 89.0 Å². The highest BCUT2D eigenvalue weighted by molar-refractivity contribution is 7.99. The quantitative estimate of drug-likeness (QED) is 0.516. The maximum absolute atomic E-state index is 5.25. The van der Waals surface area contributed by atoms with Crippen molar-refractivity contribution >= 4 is 17.3 Å². The summed E-state index contributed by atoms with van der Waals surface area (Å²) in [5, 5.41) is 0.961. The number of imidazole rings is 1. The lowest BCUT2D eigenvalue weighted by Crippen LogP contribution is -1.85. The Balaban J connectivity index is 1.81. The van der Waals surface area contributed by atoms with Gasteiger partial charge in [0.1, 0.15) is 5.75 Å². The topological polar surface area (TPSA) is 26.5 Å². The first kappa shape index (κ1) is 14.8. The Hall–Kier alpha value is -2.72. The SMILES string of the molecule is COc1ccc(-c2nc(Sc3ccccc3)n3ccccc23)cc1. The molecule has 0 N–H and O–H groups in total. The molecule has 0 amide bonds. The molecular formula is C20H16N2OS. The van der Waals surface area contributed by atoms with Crippen LogP contribution in [0.3, 0.4) is 0 Å². The fourth-order valence-electron chi connectivity index (χ4n) is 2.64. The van der Waals surface area contributed by atoms with E-state index in [1.807, 2.05) is 54.6 Å². The second-order valence-electron chi connectivity index (χ2n) is 5.34. The highest BCUT2D eigenvalue weighted by Gasteiger charge is 2.13. The summed E-state index contributed by atoms with van der Waals surface area (Å²) in [6.07, 6.45) is 2.06. The van der Waals surface area contributed by atoms with Gasteiger partial charge in [-0.2, -0.15) is 0 Å². The molecule has 0 radical (unpaired) electrons. The number of nitrogens with zero attached hydrogens (tertiary/aromatic N) is 2. The molecule has 2 aromatic heterocycles. The Bertz CT molecular complexity index is 962. The summed E-state index contributed by atoms with van der Waals surface area (Å²) in [6.45, 7) is 0. The molecule has 0 saturated carbocycles. The standard InChI is InChI=1S/C20H16N2OS/c1-23-16-12-10-15(11-13-16)19-18-9-5-6-14-22(18)20(21-19)24-17-7-3-2-4-8-17/h2-14H,1H3. The van der Waals surface area contributed by atoms with Crippen molar-refractivity contribution in [3.05, 3.63) is 79.0 Å². The summed E-state index contributed by atoms with van der Waals surface area (Å²) in [7, 11) is 1.68. The zero-order valence-electron chi connectivity index (χ0n) is 13.2. The van der Waals surface area contributed by atoms with E-state index < -0.39 is 0 Å². The van der Waals surface area contributed by atoms with Gasteiger partial charge >= 0.3 is 0 Å². The van der Waals surface area contributed by atoms with Crippen molar-refractivity contribution in [1.29, 1.82) is 0 Å².